The summed E-state index contributed by atoms with van der Waals surface area (Å²) < 4.78 is 1.64. The van der Waals surface area contributed by atoms with Gasteiger partial charge in [-0.05, 0) is 38.1 Å². The highest BCUT2D eigenvalue weighted by Crippen LogP contribution is 2.24. The number of hydrogen-bond acceptors (Lipinski definition) is 6. The number of rotatable bonds is 3. The Morgan fingerprint density at radius 1 is 1.37 bits per heavy atom. The normalized spacial score (nSPS) is 12.9. The summed E-state index contributed by atoms with van der Waals surface area (Å²) in [6, 6.07) is -0.534. The molecule has 1 heterocycles. The van der Waals surface area contributed by atoms with Crippen LogP contribution in [0.2, 0.25) is 0 Å². The number of aromatic nitrogens is 4. The van der Waals surface area contributed by atoms with Gasteiger partial charge in [0, 0.05) is 7.05 Å². The molecule has 0 saturated carbocycles. The van der Waals surface area contributed by atoms with E-state index >= 15 is 0 Å². The molecule has 8 nitrogen and oxygen atoms in total. The van der Waals surface area contributed by atoms with Gasteiger partial charge < -0.3 is 5.32 Å². The van der Waals surface area contributed by atoms with E-state index in [0.717, 1.165) is 0 Å². The van der Waals surface area contributed by atoms with Gasteiger partial charge in [0.25, 0.3) is 0 Å². The molecule has 0 aromatic carbocycles. The van der Waals surface area contributed by atoms with Crippen LogP contribution in [0.5, 0.6) is 0 Å². The quantitative estimate of drug-likeness (QED) is 0.778. The molecular weight excluding hydrogens is 268 g/mol. The van der Waals surface area contributed by atoms with Crippen molar-refractivity contribution in [1.29, 1.82) is 0 Å². The fourth-order valence-electron chi connectivity index (χ4n) is 1.16. The minimum Gasteiger partial charge on any atom is -0.341 e. The number of thioether (sulfide) groups is 1. The molecule has 0 aliphatic heterocycles. The Balaban J connectivity index is 2.72. The van der Waals surface area contributed by atoms with Gasteiger partial charge in [0.1, 0.15) is 0 Å². The second-order valence-corrected chi connectivity index (χ2v) is 6.18. The lowest BCUT2D eigenvalue weighted by molar-refractivity contribution is -0.119. The van der Waals surface area contributed by atoms with Crippen molar-refractivity contribution in [3.05, 3.63) is 0 Å². The van der Waals surface area contributed by atoms with Crippen molar-refractivity contribution in [2.24, 2.45) is 0 Å². The van der Waals surface area contributed by atoms with E-state index < -0.39 is 17.2 Å². The topological polar surface area (TPSA) is 102 Å². The van der Waals surface area contributed by atoms with E-state index in [1.807, 2.05) is 20.8 Å². The van der Waals surface area contributed by atoms with Crippen LogP contribution in [0.25, 0.3) is 0 Å². The van der Waals surface area contributed by atoms with Crippen molar-refractivity contribution in [2.45, 2.75) is 43.6 Å². The molecule has 0 fully saturated rings. The molecule has 1 atom stereocenters. The zero-order valence-electron chi connectivity index (χ0n) is 11.6. The van der Waals surface area contributed by atoms with Gasteiger partial charge >= 0.3 is 6.03 Å². The first-order valence-corrected chi connectivity index (χ1v) is 6.61. The van der Waals surface area contributed by atoms with Gasteiger partial charge in [0.15, 0.2) is 0 Å². The Hall–Kier alpha value is -1.64. The summed E-state index contributed by atoms with van der Waals surface area (Å²) in [7, 11) is 1.45. The Bertz CT molecular complexity index is 467. The van der Waals surface area contributed by atoms with Crippen LogP contribution in [0, 0.1) is 0 Å². The number of amides is 3. The lowest BCUT2D eigenvalue weighted by Gasteiger charge is -2.20. The van der Waals surface area contributed by atoms with Crippen LogP contribution in [0.1, 0.15) is 27.7 Å². The number of hydrogen-bond donors (Lipinski definition) is 2. The number of imide groups is 1. The Kier molecular flexibility index (Phi) is 4.87. The molecule has 1 unspecified atom stereocenters. The van der Waals surface area contributed by atoms with E-state index in [0.29, 0.717) is 5.16 Å². The average Bonchev–Trinajstić information content (AvgIpc) is 2.76. The van der Waals surface area contributed by atoms with Crippen molar-refractivity contribution in [3.8, 4) is 0 Å². The molecular formula is C10H18N6O2S. The molecule has 106 valence electrons. The summed E-state index contributed by atoms with van der Waals surface area (Å²) in [6.07, 6.45) is 0. The molecule has 3 amide bonds. The van der Waals surface area contributed by atoms with Crippen LogP contribution in [-0.2, 0) is 10.3 Å². The Labute approximate surface area is 115 Å². The van der Waals surface area contributed by atoms with Gasteiger partial charge in [-0.25, -0.2) is 9.48 Å². The van der Waals surface area contributed by atoms with Crippen molar-refractivity contribution >= 4 is 23.7 Å². The van der Waals surface area contributed by atoms with E-state index in [9.17, 15) is 9.59 Å². The van der Waals surface area contributed by atoms with Crippen molar-refractivity contribution < 1.29 is 9.59 Å². The van der Waals surface area contributed by atoms with Crippen LogP contribution in [0.4, 0.5) is 4.79 Å². The number of carbonyl (C=O) groups is 2. The maximum Gasteiger partial charge on any atom is 0.321 e. The summed E-state index contributed by atoms with van der Waals surface area (Å²) in [5.74, 6) is -0.396. The number of nitrogens with one attached hydrogen (secondary N) is 2. The molecule has 19 heavy (non-hydrogen) atoms. The minimum atomic E-state index is -0.534. The molecule has 0 aliphatic rings. The second kappa shape index (κ2) is 6.00. The standard InChI is InChI=1S/C10H18N6O2S/c1-6(7(17)12-8(18)11-5)19-9-13-14-15-16(9)10(2,3)4/h6H,1-5H3,(H2,11,12,17,18). The molecule has 0 bridgehead atoms. The van der Waals surface area contributed by atoms with Crippen molar-refractivity contribution in [1.82, 2.24) is 30.8 Å². The summed E-state index contributed by atoms with van der Waals surface area (Å²) in [6.45, 7) is 7.57. The third-order valence-electron chi connectivity index (χ3n) is 2.19. The number of urea groups is 1. The van der Waals surface area contributed by atoms with Crippen LogP contribution in [0.3, 0.4) is 0 Å². The monoisotopic (exact) mass is 286 g/mol. The fourth-order valence-corrected chi connectivity index (χ4v) is 2.14. The molecule has 0 spiro atoms. The average molecular weight is 286 g/mol. The maximum absolute atomic E-state index is 11.7. The minimum absolute atomic E-state index is 0.275. The Morgan fingerprint density at radius 3 is 2.53 bits per heavy atom. The van der Waals surface area contributed by atoms with Crippen LogP contribution < -0.4 is 10.6 Å². The van der Waals surface area contributed by atoms with E-state index in [4.69, 9.17) is 0 Å². The lowest BCUT2D eigenvalue weighted by Crippen LogP contribution is -2.41. The molecule has 1 aromatic rings. The SMILES string of the molecule is CNC(=O)NC(=O)C(C)Sc1nnnn1C(C)(C)C. The van der Waals surface area contributed by atoms with Gasteiger partial charge in [-0.2, -0.15) is 0 Å². The predicted octanol–water partition coefficient (Wildman–Crippen LogP) is 0.364. The summed E-state index contributed by atoms with van der Waals surface area (Å²) in [5.41, 5.74) is -0.275. The third kappa shape index (κ3) is 4.19. The first-order valence-electron chi connectivity index (χ1n) is 5.73. The summed E-state index contributed by atoms with van der Waals surface area (Å²) in [4.78, 5) is 22.8. The van der Waals surface area contributed by atoms with Gasteiger partial charge in [-0.15, -0.1) is 5.10 Å². The molecule has 9 heteroatoms. The molecule has 1 rings (SSSR count). The highest BCUT2D eigenvalue weighted by Gasteiger charge is 2.24. The summed E-state index contributed by atoms with van der Waals surface area (Å²) >= 11 is 1.20. The van der Waals surface area contributed by atoms with Crippen LogP contribution in [0.15, 0.2) is 5.16 Å². The predicted molar refractivity (Wildman–Crippen MR) is 70.7 cm³/mol. The van der Waals surface area contributed by atoms with E-state index in [2.05, 4.69) is 26.2 Å². The van der Waals surface area contributed by atoms with Gasteiger partial charge in [-0.1, -0.05) is 11.8 Å². The van der Waals surface area contributed by atoms with E-state index in [-0.39, 0.29) is 5.54 Å². The zero-order chi connectivity index (χ0) is 14.6. The molecule has 2 N–H and O–H groups in total. The maximum atomic E-state index is 11.7. The smallest absolute Gasteiger partial charge is 0.321 e. The van der Waals surface area contributed by atoms with E-state index in [1.54, 1.807) is 11.6 Å². The van der Waals surface area contributed by atoms with Crippen LogP contribution >= 0.6 is 11.8 Å². The van der Waals surface area contributed by atoms with Gasteiger partial charge in [0.05, 0.1) is 10.8 Å². The highest BCUT2D eigenvalue weighted by atomic mass is 32.2. The summed E-state index contributed by atoms with van der Waals surface area (Å²) in [5, 5.41) is 16.0. The van der Waals surface area contributed by atoms with E-state index in [1.165, 1.54) is 18.8 Å². The first-order chi connectivity index (χ1) is 8.75. The van der Waals surface area contributed by atoms with Crippen molar-refractivity contribution in [3.63, 3.8) is 0 Å². The molecule has 1 aromatic heterocycles. The lowest BCUT2D eigenvalue weighted by atomic mass is 10.1. The first kappa shape index (κ1) is 15.4. The molecule has 0 saturated heterocycles. The van der Waals surface area contributed by atoms with Gasteiger partial charge in [0.2, 0.25) is 11.1 Å². The highest BCUT2D eigenvalue weighted by molar-refractivity contribution is 8.00. The Morgan fingerprint density at radius 2 is 2.00 bits per heavy atom. The van der Waals surface area contributed by atoms with Crippen LogP contribution in [-0.4, -0.2) is 44.4 Å². The van der Waals surface area contributed by atoms with Gasteiger partial charge in [-0.3, -0.25) is 10.1 Å². The largest absolute Gasteiger partial charge is 0.341 e. The molecule has 0 aliphatic carbocycles. The number of tetrazole rings is 1. The second-order valence-electron chi connectivity index (χ2n) is 4.87. The number of nitrogens with zero attached hydrogens (tertiary/aromatic N) is 4. The van der Waals surface area contributed by atoms with Crippen molar-refractivity contribution in [2.75, 3.05) is 7.05 Å². The zero-order valence-corrected chi connectivity index (χ0v) is 12.4. The molecule has 0 radical (unpaired) electrons. The fraction of sp³-hybridized carbons (Fsp3) is 0.700. The third-order valence-corrected chi connectivity index (χ3v) is 3.22. The number of carbonyl (C=O) groups excluding carboxylic acids is 2.